The molecule has 0 atom stereocenters. The second kappa shape index (κ2) is 6.27. The minimum atomic E-state index is -1.41. The van der Waals surface area contributed by atoms with E-state index in [-0.39, 0.29) is 18.6 Å². The minimum Gasteiger partial charge on any atom is -0.0671 e. The van der Waals surface area contributed by atoms with Crippen molar-refractivity contribution in [3.63, 3.8) is 0 Å². The number of hydrogen-bond donors (Lipinski definition) is 0. The van der Waals surface area contributed by atoms with Crippen LogP contribution in [0.5, 0.6) is 0 Å². The van der Waals surface area contributed by atoms with Crippen molar-refractivity contribution in [1.82, 2.24) is 0 Å². The van der Waals surface area contributed by atoms with E-state index in [2.05, 4.69) is 86.9 Å². The molecule has 0 aliphatic rings. The summed E-state index contributed by atoms with van der Waals surface area (Å²) in [5, 5.41) is 3.18. The smallest absolute Gasteiger partial charge is 0.0671 e. The first kappa shape index (κ1) is 16.5. The molecule has 1 radical (unpaired) electrons. The molecule has 0 spiro atoms. The molecule has 2 aromatic carbocycles. The molecule has 0 nitrogen and oxygen atoms in total. The van der Waals surface area contributed by atoms with Gasteiger partial charge in [-0.25, -0.2) is 0 Å². The number of benzene rings is 2. The fraction of sp³-hybridized carbons (Fsp3) is 0.250. The van der Waals surface area contributed by atoms with Gasteiger partial charge in [0.25, 0.3) is 0 Å². The third-order valence-corrected chi connectivity index (χ3v) is 22.3. The molecule has 0 aromatic heterocycles. The Bertz CT molecular complexity index is 457. The van der Waals surface area contributed by atoms with E-state index in [0.717, 1.165) is 0 Å². The average molecular weight is 321 g/mol. The fourth-order valence-electron chi connectivity index (χ4n) is 2.43. The molecule has 99 valence electrons. The summed E-state index contributed by atoms with van der Waals surface area (Å²) in [4.78, 5) is 0. The summed E-state index contributed by atoms with van der Waals surface area (Å²) < 4.78 is 0. The zero-order valence-electron chi connectivity index (χ0n) is 12.2. The van der Waals surface area contributed by atoms with Crippen LogP contribution in [0.25, 0.3) is 0 Å². The van der Waals surface area contributed by atoms with Crippen molar-refractivity contribution in [2.45, 2.75) is 26.2 Å². The summed E-state index contributed by atoms with van der Waals surface area (Å²) in [6, 6.07) is 22.2. The minimum absolute atomic E-state index is 0. The molecule has 0 saturated heterocycles. The van der Waals surface area contributed by atoms with Crippen LogP contribution in [-0.2, 0) is 18.6 Å². The molecule has 0 saturated carbocycles. The van der Waals surface area contributed by atoms with Gasteiger partial charge in [-0.1, -0.05) is 97.2 Å². The second-order valence-electron chi connectivity index (χ2n) is 5.98. The third-order valence-electron chi connectivity index (χ3n) is 4.55. The van der Waals surface area contributed by atoms with Gasteiger partial charge >= 0.3 is 0 Å². The Hall–Kier alpha value is -0.542. The van der Waals surface area contributed by atoms with Gasteiger partial charge in [-0.05, 0) is 0 Å². The monoisotopic (exact) mass is 321 g/mol. The van der Waals surface area contributed by atoms with Gasteiger partial charge in [0.1, 0.15) is 0 Å². The molecule has 0 unspecified atom stereocenters. The third kappa shape index (κ3) is 3.14. The van der Waals surface area contributed by atoms with E-state index in [1.807, 2.05) is 0 Å². The summed E-state index contributed by atoms with van der Waals surface area (Å²) in [7, 11) is -2.82. The van der Waals surface area contributed by atoms with E-state index in [4.69, 9.17) is 0 Å². The molecular formula is C16H22Si2V. The summed E-state index contributed by atoms with van der Waals surface area (Å²) in [5.41, 5.74) is 0. The SMILES string of the molecule is C[Si](C)(c1ccccc1)[Si](C)(C)c1ccccc1.[V]. The first-order chi connectivity index (χ1) is 8.46. The number of hydrogen-bond acceptors (Lipinski definition) is 0. The number of rotatable bonds is 3. The molecule has 2 rings (SSSR count). The fourth-order valence-corrected chi connectivity index (χ4v) is 11.3. The topological polar surface area (TPSA) is 0 Å². The van der Waals surface area contributed by atoms with Crippen LogP contribution in [0.3, 0.4) is 0 Å². The van der Waals surface area contributed by atoms with Crippen molar-refractivity contribution < 1.29 is 18.6 Å². The van der Waals surface area contributed by atoms with Crippen LogP contribution in [0.2, 0.25) is 26.2 Å². The van der Waals surface area contributed by atoms with Crippen LogP contribution >= 0.6 is 0 Å². The Balaban J connectivity index is 0.00000180. The van der Waals surface area contributed by atoms with E-state index >= 15 is 0 Å². The summed E-state index contributed by atoms with van der Waals surface area (Å²) in [5.74, 6) is 0. The maximum atomic E-state index is 2.53. The second-order valence-corrected chi connectivity index (χ2v) is 21.1. The Morgan fingerprint density at radius 3 is 1.05 bits per heavy atom. The van der Waals surface area contributed by atoms with Crippen molar-refractivity contribution in [3.05, 3.63) is 60.7 Å². The summed E-state index contributed by atoms with van der Waals surface area (Å²) in [6.07, 6.45) is 0. The average Bonchev–Trinajstić information content (AvgIpc) is 2.40. The molecule has 0 N–H and O–H groups in total. The standard InChI is InChI=1S/C16H22Si2.V/c1-17(2,15-11-7-5-8-12-15)18(3,4)16-13-9-6-10-14-16;/h5-14H,1-4H3;. The van der Waals surface area contributed by atoms with E-state index in [1.165, 1.54) is 0 Å². The van der Waals surface area contributed by atoms with Crippen molar-refractivity contribution in [3.8, 4) is 0 Å². The first-order valence-corrected chi connectivity index (χ1v) is 13.6. The van der Waals surface area contributed by atoms with Crippen LogP contribution in [0.1, 0.15) is 0 Å². The largest absolute Gasteiger partial charge is 0.0791 e. The predicted molar refractivity (Wildman–Crippen MR) is 87.1 cm³/mol. The molecule has 0 amide bonds. The van der Waals surface area contributed by atoms with E-state index < -0.39 is 15.2 Å². The maximum absolute atomic E-state index is 2.53. The molecular weight excluding hydrogens is 299 g/mol. The zero-order chi connectivity index (χ0) is 13.2. The van der Waals surface area contributed by atoms with Crippen molar-refractivity contribution in [1.29, 1.82) is 0 Å². The predicted octanol–water partition coefficient (Wildman–Crippen LogP) is 3.29. The van der Waals surface area contributed by atoms with Gasteiger partial charge in [0.05, 0.1) is 15.2 Å². The first-order valence-electron chi connectivity index (χ1n) is 6.57. The van der Waals surface area contributed by atoms with E-state index in [9.17, 15) is 0 Å². The van der Waals surface area contributed by atoms with Gasteiger partial charge in [-0.15, -0.1) is 0 Å². The van der Waals surface area contributed by atoms with Gasteiger partial charge in [0, 0.05) is 18.6 Å². The molecule has 2 aromatic rings. The Labute approximate surface area is 131 Å². The van der Waals surface area contributed by atoms with Crippen LogP contribution < -0.4 is 10.4 Å². The molecule has 0 aliphatic carbocycles. The molecule has 0 heterocycles. The molecule has 0 aliphatic heterocycles. The van der Waals surface area contributed by atoms with Gasteiger partial charge < -0.3 is 0 Å². The van der Waals surface area contributed by atoms with Crippen molar-refractivity contribution in [2.75, 3.05) is 0 Å². The van der Waals surface area contributed by atoms with Gasteiger partial charge in [-0.2, -0.15) is 0 Å². The van der Waals surface area contributed by atoms with Gasteiger partial charge in [-0.3, -0.25) is 0 Å². The quantitative estimate of drug-likeness (QED) is 0.761. The van der Waals surface area contributed by atoms with Crippen LogP contribution in [-0.4, -0.2) is 15.2 Å². The van der Waals surface area contributed by atoms with E-state index in [0.29, 0.717) is 0 Å². The summed E-state index contributed by atoms with van der Waals surface area (Å²) >= 11 is 0. The maximum Gasteiger partial charge on any atom is 0.0791 e. The van der Waals surface area contributed by atoms with Crippen LogP contribution in [0.15, 0.2) is 60.7 Å². The van der Waals surface area contributed by atoms with E-state index in [1.54, 1.807) is 10.4 Å². The molecule has 19 heavy (non-hydrogen) atoms. The Morgan fingerprint density at radius 2 is 0.789 bits per heavy atom. The van der Waals surface area contributed by atoms with Crippen molar-refractivity contribution in [2.24, 2.45) is 0 Å². The molecule has 0 fully saturated rings. The zero-order valence-corrected chi connectivity index (χ0v) is 15.6. The van der Waals surface area contributed by atoms with Crippen LogP contribution in [0.4, 0.5) is 0 Å². The molecule has 0 bridgehead atoms. The summed E-state index contributed by atoms with van der Waals surface area (Å²) in [6.45, 7) is 10.1. The Morgan fingerprint density at radius 1 is 0.526 bits per heavy atom. The normalized spacial score (nSPS) is 11.8. The van der Waals surface area contributed by atoms with Gasteiger partial charge in [0.15, 0.2) is 0 Å². The van der Waals surface area contributed by atoms with Crippen molar-refractivity contribution >= 4 is 25.6 Å². The van der Waals surface area contributed by atoms with Crippen LogP contribution in [0, 0.1) is 0 Å². The molecule has 3 heteroatoms. The van der Waals surface area contributed by atoms with Gasteiger partial charge in [0.2, 0.25) is 0 Å². The Kier molecular flexibility index (Phi) is 5.45.